The fourth-order valence-electron chi connectivity index (χ4n) is 7.12. The quantitative estimate of drug-likeness (QED) is 0.183. The third-order valence-electron chi connectivity index (χ3n) is 9.46. The Morgan fingerprint density at radius 1 is 0.353 bits per heavy atom. The SMILES string of the molecule is c1ccc(N2c3ccccc3N(c3ccc(-n4cc(-c5ccc(N6c7ccccc7Oc7ccccc76)cc5)nn4)cc3)c3ccccc32)cc1. The summed E-state index contributed by atoms with van der Waals surface area (Å²) in [6.45, 7) is 0. The molecule has 0 fully saturated rings. The number of hydrogen-bond donors (Lipinski definition) is 0. The molecule has 0 amide bonds. The lowest BCUT2D eigenvalue weighted by atomic mass is 10.0. The van der Waals surface area contributed by atoms with E-state index in [-0.39, 0.29) is 0 Å². The number of anilines is 9. The van der Waals surface area contributed by atoms with Crippen LogP contribution >= 0.6 is 0 Å². The van der Waals surface area contributed by atoms with Crippen molar-refractivity contribution in [2.75, 3.05) is 14.7 Å². The van der Waals surface area contributed by atoms with E-state index in [9.17, 15) is 0 Å². The van der Waals surface area contributed by atoms with Gasteiger partial charge in [-0.15, -0.1) is 5.10 Å². The highest BCUT2D eigenvalue weighted by molar-refractivity contribution is 6.01. The minimum absolute atomic E-state index is 0.799. The van der Waals surface area contributed by atoms with E-state index in [1.807, 2.05) is 47.3 Å². The van der Waals surface area contributed by atoms with Crippen LogP contribution in [0.4, 0.5) is 51.2 Å². The predicted octanol–water partition coefficient (Wildman–Crippen LogP) is 11.8. The molecule has 0 radical (unpaired) electrons. The molecule has 0 aliphatic carbocycles. The molecule has 3 heterocycles. The van der Waals surface area contributed by atoms with Crippen LogP contribution in [-0.4, -0.2) is 15.0 Å². The van der Waals surface area contributed by atoms with Crippen LogP contribution < -0.4 is 19.4 Å². The Labute approximate surface area is 295 Å². The van der Waals surface area contributed by atoms with Crippen molar-refractivity contribution in [1.29, 1.82) is 0 Å². The van der Waals surface area contributed by atoms with Crippen molar-refractivity contribution in [1.82, 2.24) is 15.0 Å². The standard InChI is InChI=1S/C44H30N6O/c1-2-12-33(13-3-1)48-37-14-4-6-16-39(37)49(40-17-7-5-15-38(40)48)35-28-26-32(27-29-35)47-30-36(45-46-47)31-22-24-34(25-23-31)50-41-18-8-10-20-43(41)51-44-21-11-9-19-42(44)50/h1-30H. The number of rotatable bonds is 5. The maximum absolute atomic E-state index is 6.19. The zero-order valence-electron chi connectivity index (χ0n) is 27.4. The van der Waals surface area contributed by atoms with Crippen molar-refractivity contribution >= 4 is 51.2 Å². The van der Waals surface area contributed by atoms with Crippen LogP contribution in [0.1, 0.15) is 0 Å². The van der Waals surface area contributed by atoms with Crippen molar-refractivity contribution in [2.24, 2.45) is 0 Å². The van der Waals surface area contributed by atoms with Crippen molar-refractivity contribution in [3.8, 4) is 28.4 Å². The summed E-state index contributed by atoms with van der Waals surface area (Å²) in [5.41, 5.74) is 12.4. The van der Waals surface area contributed by atoms with E-state index in [1.54, 1.807) is 0 Å². The van der Waals surface area contributed by atoms with Gasteiger partial charge < -0.3 is 19.4 Å². The van der Waals surface area contributed by atoms with E-state index in [0.717, 1.165) is 79.6 Å². The van der Waals surface area contributed by atoms with Gasteiger partial charge in [-0.2, -0.15) is 0 Å². The van der Waals surface area contributed by atoms with Gasteiger partial charge in [-0.3, -0.25) is 0 Å². The minimum Gasteiger partial charge on any atom is -0.453 e. The summed E-state index contributed by atoms with van der Waals surface area (Å²) < 4.78 is 8.02. The van der Waals surface area contributed by atoms with Gasteiger partial charge in [-0.25, -0.2) is 4.68 Å². The molecule has 0 spiro atoms. The molecule has 1 aromatic heterocycles. The van der Waals surface area contributed by atoms with Crippen LogP contribution in [0.2, 0.25) is 0 Å². The van der Waals surface area contributed by atoms with Gasteiger partial charge in [0.1, 0.15) is 5.69 Å². The fourth-order valence-corrected chi connectivity index (χ4v) is 7.12. The van der Waals surface area contributed by atoms with Crippen molar-refractivity contribution < 1.29 is 4.74 Å². The smallest absolute Gasteiger partial charge is 0.151 e. The zero-order chi connectivity index (χ0) is 33.7. The van der Waals surface area contributed by atoms with Crippen LogP contribution in [0.25, 0.3) is 16.9 Å². The van der Waals surface area contributed by atoms with Gasteiger partial charge in [0.05, 0.1) is 46.0 Å². The first-order valence-corrected chi connectivity index (χ1v) is 16.9. The average molecular weight is 659 g/mol. The topological polar surface area (TPSA) is 49.7 Å². The van der Waals surface area contributed by atoms with E-state index in [1.165, 1.54) is 0 Å². The highest BCUT2D eigenvalue weighted by Gasteiger charge is 2.30. The molecular formula is C44H30N6O. The molecule has 10 rings (SSSR count). The van der Waals surface area contributed by atoms with Gasteiger partial charge in [-0.1, -0.05) is 84.1 Å². The van der Waals surface area contributed by atoms with Crippen LogP contribution in [-0.2, 0) is 0 Å². The molecule has 2 aliphatic heterocycles. The second-order valence-corrected chi connectivity index (χ2v) is 12.5. The lowest BCUT2D eigenvalue weighted by molar-refractivity contribution is 0.477. The second kappa shape index (κ2) is 11.8. The van der Waals surface area contributed by atoms with E-state index in [2.05, 4.69) is 165 Å². The van der Waals surface area contributed by atoms with Gasteiger partial charge in [0.2, 0.25) is 0 Å². The van der Waals surface area contributed by atoms with Crippen molar-refractivity contribution in [2.45, 2.75) is 0 Å². The molecule has 8 aromatic rings. The Morgan fingerprint density at radius 3 is 1.27 bits per heavy atom. The first kappa shape index (κ1) is 28.9. The Kier molecular flexibility index (Phi) is 6.67. The van der Waals surface area contributed by atoms with Crippen LogP contribution in [0.5, 0.6) is 11.5 Å². The van der Waals surface area contributed by atoms with E-state index in [0.29, 0.717) is 0 Å². The Bertz CT molecular complexity index is 2430. The van der Waals surface area contributed by atoms with Crippen LogP contribution in [0, 0.1) is 0 Å². The molecule has 0 unspecified atom stereocenters. The molecular weight excluding hydrogens is 629 g/mol. The summed E-state index contributed by atoms with van der Waals surface area (Å²) in [6.07, 6.45) is 1.98. The summed E-state index contributed by atoms with van der Waals surface area (Å²) in [5.74, 6) is 1.66. The monoisotopic (exact) mass is 658 g/mol. The highest BCUT2D eigenvalue weighted by atomic mass is 16.5. The van der Waals surface area contributed by atoms with Gasteiger partial charge >= 0.3 is 0 Å². The molecule has 0 saturated heterocycles. The fraction of sp³-hybridized carbons (Fsp3) is 0. The minimum atomic E-state index is 0.799. The molecule has 0 N–H and O–H groups in total. The Balaban J connectivity index is 0.946. The van der Waals surface area contributed by atoms with E-state index < -0.39 is 0 Å². The predicted molar refractivity (Wildman–Crippen MR) is 204 cm³/mol. The maximum atomic E-state index is 6.19. The normalized spacial score (nSPS) is 12.7. The number of ether oxygens (including phenoxy) is 1. The summed E-state index contributed by atoms with van der Waals surface area (Å²) in [4.78, 5) is 6.89. The summed E-state index contributed by atoms with van der Waals surface area (Å²) in [5, 5.41) is 9.06. The lowest BCUT2D eigenvalue weighted by Crippen LogP contribution is -2.23. The number of hydrogen-bond acceptors (Lipinski definition) is 6. The highest BCUT2D eigenvalue weighted by Crippen LogP contribution is 2.54. The third kappa shape index (κ3) is 4.82. The Morgan fingerprint density at radius 2 is 0.745 bits per heavy atom. The van der Waals surface area contributed by atoms with Gasteiger partial charge in [0.15, 0.2) is 11.5 Å². The summed E-state index contributed by atoms with van der Waals surface area (Å²) in [7, 11) is 0. The summed E-state index contributed by atoms with van der Waals surface area (Å²) >= 11 is 0. The van der Waals surface area contributed by atoms with E-state index in [4.69, 9.17) is 4.74 Å². The molecule has 0 atom stereocenters. The lowest BCUT2D eigenvalue weighted by Gasteiger charge is -2.40. The zero-order valence-corrected chi connectivity index (χ0v) is 27.4. The van der Waals surface area contributed by atoms with Gasteiger partial charge in [-0.05, 0) is 97.1 Å². The third-order valence-corrected chi connectivity index (χ3v) is 9.46. The van der Waals surface area contributed by atoms with Gasteiger partial charge in [0.25, 0.3) is 0 Å². The molecule has 51 heavy (non-hydrogen) atoms. The number of aromatic nitrogens is 3. The molecule has 0 bridgehead atoms. The molecule has 2 aliphatic rings. The maximum Gasteiger partial charge on any atom is 0.151 e. The van der Waals surface area contributed by atoms with Crippen molar-refractivity contribution in [3.05, 3.63) is 182 Å². The first-order valence-electron chi connectivity index (χ1n) is 16.9. The molecule has 7 aromatic carbocycles. The van der Waals surface area contributed by atoms with Crippen LogP contribution in [0.15, 0.2) is 182 Å². The average Bonchev–Trinajstić information content (AvgIpc) is 3.70. The van der Waals surface area contributed by atoms with Crippen molar-refractivity contribution in [3.63, 3.8) is 0 Å². The second-order valence-electron chi connectivity index (χ2n) is 12.5. The largest absolute Gasteiger partial charge is 0.453 e. The number of fused-ring (bicyclic) bond motifs is 4. The molecule has 7 nitrogen and oxygen atoms in total. The molecule has 7 heteroatoms. The van der Waals surface area contributed by atoms with E-state index >= 15 is 0 Å². The summed E-state index contributed by atoms with van der Waals surface area (Å²) in [6, 6.07) is 60.8. The first-order chi connectivity index (χ1) is 25.3. The number of benzene rings is 7. The molecule has 0 saturated carbocycles. The number of para-hydroxylation sites is 9. The van der Waals surface area contributed by atoms with Gasteiger partial charge in [0, 0.05) is 22.6 Å². The Hall–Kier alpha value is -7.12. The van der Waals surface area contributed by atoms with Crippen LogP contribution in [0.3, 0.4) is 0 Å². The number of nitrogens with zero attached hydrogens (tertiary/aromatic N) is 6. The molecule has 242 valence electrons.